The van der Waals surface area contributed by atoms with E-state index in [1.807, 2.05) is 0 Å². The van der Waals surface area contributed by atoms with Crippen molar-refractivity contribution in [2.24, 2.45) is 0 Å². The Morgan fingerprint density at radius 2 is 1.64 bits per heavy atom. The van der Waals surface area contributed by atoms with Gasteiger partial charge < -0.3 is 9.47 Å². The first-order valence-corrected chi connectivity index (χ1v) is 10.4. The Hall–Kier alpha value is -1.92. The van der Waals surface area contributed by atoms with Gasteiger partial charge in [0.15, 0.2) is 0 Å². The van der Waals surface area contributed by atoms with Crippen LogP contribution in [-0.4, -0.2) is 54.6 Å². The molecule has 0 spiro atoms. The van der Waals surface area contributed by atoms with Gasteiger partial charge >= 0.3 is 11.9 Å². The lowest BCUT2D eigenvalue weighted by atomic mass is 10.1. The van der Waals surface area contributed by atoms with Crippen molar-refractivity contribution >= 4 is 11.9 Å². The lowest BCUT2D eigenvalue weighted by Gasteiger charge is -2.40. The third kappa shape index (κ3) is 6.04. The fourth-order valence-corrected chi connectivity index (χ4v) is 4.15. The molecule has 0 amide bonds. The normalized spacial score (nSPS) is 20.0. The van der Waals surface area contributed by atoms with Crippen LogP contribution in [0.2, 0.25) is 0 Å². The number of fused-ring (bicyclic) bond motifs is 1. The van der Waals surface area contributed by atoms with Crippen molar-refractivity contribution in [1.82, 2.24) is 9.80 Å². The molecule has 2 saturated heterocycles. The number of nitrogens with zero attached hydrogens (tertiary/aromatic N) is 2. The minimum Gasteiger partial charge on any atom is -0.469 e. The summed E-state index contributed by atoms with van der Waals surface area (Å²) >= 11 is 0. The first-order valence-electron chi connectivity index (χ1n) is 10.4. The van der Waals surface area contributed by atoms with Crippen LogP contribution in [0.1, 0.15) is 56.1 Å². The van der Waals surface area contributed by atoms with Crippen LogP contribution in [0.4, 0.5) is 0 Å². The zero-order valence-electron chi connectivity index (χ0n) is 16.9. The number of ether oxygens (including phenoxy) is 2. The highest BCUT2D eigenvalue weighted by Gasteiger charge is 2.32. The summed E-state index contributed by atoms with van der Waals surface area (Å²) in [7, 11) is 1.37. The van der Waals surface area contributed by atoms with E-state index in [1.54, 1.807) is 0 Å². The second-order valence-corrected chi connectivity index (χ2v) is 7.74. The zero-order chi connectivity index (χ0) is 19.8. The molecule has 6 nitrogen and oxygen atoms in total. The Kier molecular flexibility index (Phi) is 7.86. The van der Waals surface area contributed by atoms with E-state index in [1.165, 1.54) is 51.6 Å². The minimum absolute atomic E-state index is 0.219. The fourth-order valence-electron chi connectivity index (χ4n) is 4.15. The van der Waals surface area contributed by atoms with E-state index in [0.29, 0.717) is 38.5 Å². The molecule has 1 aromatic rings. The molecular weight excluding hydrogens is 356 g/mol. The highest BCUT2D eigenvalue weighted by Crippen LogP contribution is 2.26. The Morgan fingerprint density at radius 3 is 2.39 bits per heavy atom. The summed E-state index contributed by atoms with van der Waals surface area (Å²) in [6, 6.07) is 8.40. The largest absolute Gasteiger partial charge is 0.469 e. The number of esters is 2. The lowest BCUT2D eigenvalue weighted by molar-refractivity contribution is -0.145. The molecule has 0 aliphatic carbocycles. The first kappa shape index (κ1) is 20.8. The molecule has 154 valence electrons. The average Bonchev–Trinajstić information content (AvgIpc) is 3.20. The van der Waals surface area contributed by atoms with Crippen LogP contribution < -0.4 is 0 Å². The maximum Gasteiger partial charge on any atom is 0.306 e. The molecule has 1 aromatic carbocycles. The predicted molar refractivity (Wildman–Crippen MR) is 106 cm³/mol. The molecule has 0 bridgehead atoms. The van der Waals surface area contributed by atoms with Gasteiger partial charge in [0, 0.05) is 32.5 Å². The minimum atomic E-state index is -0.237. The molecule has 2 heterocycles. The van der Waals surface area contributed by atoms with Crippen LogP contribution in [0.5, 0.6) is 0 Å². The molecule has 2 aliphatic rings. The van der Waals surface area contributed by atoms with Crippen LogP contribution in [0, 0.1) is 0 Å². The van der Waals surface area contributed by atoms with Crippen LogP contribution in [0.3, 0.4) is 0 Å². The maximum atomic E-state index is 11.8. The number of rotatable bonds is 9. The fraction of sp³-hybridized carbons (Fsp3) is 0.636. The van der Waals surface area contributed by atoms with E-state index in [-0.39, 0.29) is 11.9 Å². The summed E-state index contributed by atoms with van der Waals surface area (Å²) in [5.41, 5.74) is 2.32. The average molecular weight is 389 g/mol. The molecule has 0 radical (unpaired) electrons. The van der Waals surface area contributed by atoms with E-state index >= 15 is 0 Å². The molecule has 0 N–H and O–H groups in total. The summed E-state index contributed by atoms with van der Waals surface area (Å²) in [6.07, 6.45) is 6.44. The molecule has 1 unspecified atom stereocenters. The summed E-state index contributed by atoms with van der Waals surface area (Å²) in [4.78, 5) is 28.1. The topological polar surface area (TPSA) is 59.1 Å². The molecular formula is C22H32N2O4. The summed E-state index contributed by atoms with van der Waals surface area (Å²) in [6.45, 7) is 4.95. The zero-order valence-corrected chi connectivity index (χ0v) is 16.9. The number of hydrogen-bond donors (Lipinski definition) is 0. The SMILES string of the molecule is COC(=O)CCCCC(=O)OCc1ccc(CN2CCCN3CCCC32)cc1. The second kappa shape index (κ2) is 10.6. The van der Waals surface area contributed by atoms with Gasteiger partial charge in [0.05, 0.1) is 13.3 Å². The van der Waals surface area contributed by atoms with Gasteiger partial charge in [-0.15, -0.1) is 0 Å². The number of unbranched alkanes of at least 4 members (excludes halogenated alkanes) is 1. The standard InChI is InChI=1S/C22H32N2O4/c1-27-21(25)7-2-3-8-22(26)28-17-19-11-9-18(10-12-19)16-24-15-5-14-23-13-4-6-20(23)24/h9-12,20H,2-8,13-17H2,1H3. The quantitative estimate of drug-likeness (QED) is 0.479. The van der Waals surface area contributed by atoms with E-state index in [9.17, 15) is 9.59 Å². The number of benzene rings is 1. The Morgan fingerprint density at radius 1 is 0.964 bits per heavy atom. The van der Waals surface area contributed by atoms with Crippen LogP contribution in [-0.2, 0) is 32.2 Å². The maximum absolute atomic E-state index is 11.8. The van der Waals surface area contributed by atoms with Gasteiger partial charge in [0.2, 0.25) is 0 Å². The van der Waals surface area contributed by atoms with Crippen LogP contribution in [0.15, 0.2) is 24.3 Å². The number of methoxy groups -OCH3 is 1. The smallest absolute Gasteiger partial charge is 0.306 e. The van der Waals surface area contributed by atoms with Crippen molar-refractivity contribution in [3.8, 4) is 0 Å². The molecule has 0 aromatic heterocycles. The van der Waals surface area contributed by atoms with Crippen molar-refractivity contribution in [3.63, 3.8) is 0 Å². The van der Waals surface area contributed by atoms with Crippen molar-refractivity contribution in [3.05, 3.63) is 35.4 Å². The number of carbonyl (C=O) groups is 2. The summed E-state index contributed by atoms with van der Waals surface area (Å²) in [5, 5.41) is 0. The molecule has 3 rings (SSSR count). The van der Waals surface area contributed by atoms with E-state index in [4.69, 9.17) is 4.74 Å². The van der Waals surface area contributed by atoms with Gasteiger partial charge in [-0.05, 0) is 49.8 Å². The number of hydrogen-bond acceptors (Lipinski definition) is 6. The highest BCUT2D eigenvalue weighted by atomic mass is 16.5. The summed E-state index contributed by atoms with van der Waals surface area (Å²) < 4.78 is 9.92. The Bertz CT molecular complexity index is 646. The van der Waals surface area contributed by atoms with E-state index < -0.39 is 0 Å². The van der Waals surface area contributed by atoms with Gasteiger partial charge in [0.25, 0.3) is 0 Å². The first-order chi connectivity index (χ1) is 13.7. The highest BCUT2D eigenvalue weighted by molar-refractivity contribution is 5.70. The van der Waals surface area contributed by atoms with Crippen LogP contribution >= 0.6 is 0 Å². The van der Waals surface area contributed by atoms with Gasteiger partial charge in [-0.1, -0.05) is 24.3 Å². The molecule has 2 aliphatic heterocycles. The molecule has 2 fully saturated rings. The van der Waals surface area contributed by atoms with Crippen molar-refractivity contribution < 1.29 is 19.1 Å². The van der Waals surface area contributed by atoms with Crippen molar-refractivity contribution in [2.45, 2.75) is 64.3 Å². The lowest BCUT2D eigenvalue weighted by Crippen LogP contribution is -2.49. The van der Waals surface area contributed by atoms with Gasteiger partial charge in [-0.2, -0.15) is 0 Å². The Balaban J connectivity index is 1.37. The molecule has 28 heavy (non-hydrogen) atoms. The second-order valence-electron chi connectivity index (χ2n) is 7.74. The van der Waals surface area contributed by atoms with Crippen molar-refractivity contribution in [1.29, 1.82) is 0 Å². The van der Waals surface area contributed by atoms with E-state index in [2.05, 4.69) is 38.8 Å². The predicted octanol–water partition coefficient (Wildman–Crippen LogP) is 3.09. The van der Waals surface area contributed by atoms with Gasteiger partial charge in [-0.25, -0.2) is 0 Å². The molecule has 0 saturated carbocycles. The third-order valence-electron chi connectivity index (χ3n) is 5.69. The third-order valence-corrected chi connectivity index (χ3v) is 5.69. The molecule has 1 atom stereocenters. The summed E-state index contributed by atoms with van der Waals surface area (Å²) in [5.74, 6) is -0.456. The van der Waals surface area contributed by atoms with E-state index in [0.717, 1.165) is 12.1 Å². The van der Waals surface area contributed by atoms with Gasteiger partial charge in [-0.3, -0.25) is 19.4 Å². The Labute approximate surface area is 167 Å². The molecule has 6 heteroatoms. The van der Waals surface area contributed by atoms with Crippen LogP contribution in [0.25, 0.3) is 0 Å². The monoisotopic (exact) mass is 388 g/mol. The van der Waals surface area contributed by atoms with Crippen molar-refractivity contribution in [2.75, 3.05) is 26.7 Å². The number of carbonyl (C=O) groups excluding carboxylic acids is 2. The van der Waals surface area contributed by atoms with Gasteiger partial charge in [0.1, 0.15) is 6.61 Å².